The highest BCUT2D eigenvalue weighted by Crippen LogP contribution is 2.62. The second-order valence-corrected chi connectivity index (χ2v) is 7.67. The van der Waals surface area contributed by atoms with E-state index in [9.17, 15) is 0 Å². The highest BCUT2D eigenvalue weighted by atomic mass is 127. The van der Waals surface area contributed by atoms with Crippen molar-refractivity contribution in [3.05, 3.63) is 29.8 Å². The Labute approximate surface area is 173 Å². The van der Waals surface area contributed by atoms with Crippen LogP contribution in [0.25, 0.3) is 0 Å². The maximum atomic E-state index is 6.03. The molecule has 0 radical (unpaired) electrons. The van der Waals surface area contributed by atoms with Crippen molar-refractivity contribution < 1.29 is 9.47 Å². The predicted molar refractivity (Wildman–Crippen MR) is 114 cm³/mol. The Bertz CT molecular complexity index is 662. The lowest BCUT2D eigenvalue weighted by molar-refractivity contribution is -0.171. The van der Waals surface area contributed by atoms with Crippen LogP contribution in [-0.4, -0.2) is 50.8 Å². The lowest BCUT2D eigenvalue weighted by Crippen LogP contribution is -2.72. The molecule has 6 heteroatoms. The molecule has 0 bridgehead atoms. The minimum absolute atomic E-state index is 0. The van der Waals surface area contributed by atoms with Crippen molar-refractivity contribution in [2.45, 2.75) is 44.4 Å². The van der Waals surface area contributed by atoms with Gasteiger partial charge in [0.15, 0.2) is 5.96 Å². The largest absolute Gasteiger partial charge is 0.496 e. The summed E-state index contributed by atoms with van der Waals surface area (Å²) in [4.78, 5) is 6.74. The molecular formula is C20H30IN3O2. The summed E-state index contributed by atoms with van der Waals surface area (Å²) in [5.74, 6) is 2.54. The summed E-state index contributed by atoms with van der Waals surface area (Å²) < 4.78 is 11.5. The number of fused-ring (bicyclic) bond motifs is 2. The van der Waals surface area contributed by atoms with Crippen molar-refractivity contribution in [3.63, 3.8) is 0 Å². The van der Waals surface area contributed by atoms with E-state index in [4.69, 9.17) is 9.47 Å². The van der Waals surface area contributed by atoms with Crippen molar-refractivity contribution in [2.24, 2.45) is 16.3 Å². The third-order valence-corrected chi connectivity index (χ3v) is 6.49. The van der Waals surface area contributed by atoms with Gasteiger partial charge in [-0.05, 0) is 25.3 Å². The summed E-state index contributed by atoms with van der Waals surface area (Å²) in [6.07, 6.45) is 5.58. The van der Waals surface area contributed by atoms with E-state index in [-0.39, 0.29) is 24.0 Å². The van der Waals surface area contributed by atoms with Gasteiger partial charge in [0.1, 0.15) is 5.75 Å². The molecule has 0 amide bonds. The highest BCUT2D eigenvalue weighted by Gasteiger charge is 2.66. The smallest absolute Gasteiger partial charge is 0.193 e. The molecule has 2 aliphatic carbocycles. The number of halogens is 1. The fourth-order valence-electron chi connectivity index (χ4n) is 5.10. The van der Waals surface area contributed by atoms with Gasteiger partial charge in [-0.3, -0.25) is 4.99 Å². The summed E-state index contributed by atoms with van der Waals surface area (Å²) in [5.41, 5.74) is 1.53. The van der Waals surface area contributed by atoms with Gasteiger partial charge in [0.05, 0.1) is 13.2 Å². The van der Waals surface area contributed by atoms with E-state index >= 15 is 0 Å². The molecule has 1 aromatic rings. The molecule has 3 unspecified atom stereocenters. The van der Waals surface area contributed by atoms with Gasteiger partial charge in [0.2, 0.25) is 0 Å². The minimum Gasteiger partial charge on any atom is -0.496 e. The first-order valence-electron chi connectivity index (χ1n) is 9.37. The number of nitrogens with one attached hydrogen (secondary N) is 1. The molecule has 1 aliphatic heterocycles. The maximum absolute atomic E-state index is 6.03. The number of para-hydroxylation sites is 1. The molecular weight excluding hydrogens is 441 g/mol. The van der Waals surface area contributed by atoms with Crippen LogP contribution < -0.4 is 10.1 Å². The van der Waals surface area contributed by atoms with Gasteiger partial charge >= 0.3 is 0 Å². The van der Waals surface area contributed by atoms with Crippen molar-refractivity contribution in [2.75, 3.05) is 27.8 Å². The number of aliphatic imine (C=N–C) groups is 1. The first kappa shape index (κ1) is 19.7. The van der Waals surface area contributed by atoms with E-state index < -0.39 is 0 Å². The molecule has 1 heterocycles. The Morgan fingerprint density at radius 2 is 2.15 bits per heavy atom. The average molecular weight is 471 g/mol. The van der Waals surface area contributed by atoms with Gasteiger partial charge in [-0.1, -0.05) is 24.6 Å². The molecule has 1 aromatic carbocycles. The second-order valence-electron chi connectivity index (χ2n) is 7.67. The van der Waals surface area contributed by atoms with E-state index in [1.54, 1.807) is 7.11 Å². The van der Waals surface area contributed by atoms with E-state index in [0.29, 0.717) is 23.5 Å². The number of nitrogens with zero attached hydrogens (tertiary/aromatic N) is 2. The molecule has 2 saturated carbocycles. The molecule has 1 spiro atoms. The first-order valence-corrected chi connectivity index (χ1v) is 9.37. The number of hydrogen-bond acceptors (Lipinski definition) is 3. The molecule has 0 aromatic heterocycles. The van der Waals surface area contributed by atoms with Gasteiger partial charge in [0.25, 0.3) is 0 Å². The zero-order valence-corrected chi connectivity index (χ0v) is 18.2. The van der Waals surface area contributed by atoms with E-state index in [1.165, 1.54) is 31.2 Å². The fourth-order valence-corrected chi connectivity index (χ4v) is 5.10. The quantitative estimate of drug-likeness (QED) is 0.416. The molecule has 1 N–H and O–H groups in total. The second kappa shape index (κ2) is 7.92. The van der Waals surface area contributed by atoms with Crippen LogP contribution in [0.5, 0.6) is 5.75 Å². The summed E-state index contributed by atoms with van der Waals surface area (Å²) in [5, 5.41) is 3.78. The summed E-state index contributed by atoms with van der Waals surface area (Å²) in [7, 11) is 5.69. The van der Waals surface area contributed by atoms with Crippen LogP contribution in [0, 0.1) is 11.3 Å². The number of benzene rings is 1. The Balaban J connectivity index is 0.00000196. The lowest BCUT2D eigenvalue weighted by atomic mass is 9.46. The van der Waals surface area contributed by atoms with E-state index in [0.717, 1.165) is 24.9 Å². The topological polar surface area (TPSA) is 46.1 Å². The van der Waals surface area contributed by atoms with Crippen LogP contribution in [0.1, 0.15) is 31.2 Å². The zero-order chi connectivity index (χ0) is 17.4. The maximum Gasteiger partial charge on any atom is 0.193 e. The number of ether oxygens (including phenoxy) is 2. The van der Waals surface area contributed by atoms with Crippen LogP contribution in [-0.2, 0) is 11.3 Å². The van der Waals surface area contributed by atoms with Crippen molar-refractivity contribution in [1.29, 1.82) is 0 Å². The van der Waals surface area contributed by atoms with Crippen molar-refractivity contribution in [3.8, 4) is 5.75 Å². The predicted octanol–water partition coefficient (Wildman–Crippen LogP) is 3.28. The third-order valence-electron chi connectivity index (χ3n) is 6.49. The SMILES string of the molecule is CN=C(NC1C2CCOC2C12CCC2)N(C)Cc1ccccc1OC.I. The molecule has 144 valence electrons. The first-order chi connectivity index (χ1) is 12.2. The lowest BCUT2D eigenvalue weighted by Gasteiger charge is -2.63. The van der Waals surface area contributed by atoms with E-state index in [1.807, 2.05) is 19.2 Å². The normalized spacial score (nSPS) is 28.4. The van der Waals surface area contributed by atoms with Crippen LogP contribution >= 0.6 is 24.0 Å². The highest BCUT2D eigenvalue weighted by molar-refractivity contribution is 14.0. The summed E-state index contributed by atoms with van der Waals surface area (Å²) >= 11 is 0. The molecule has 3 aliphatic rings. The standard InChI is InChI=1S/C20H29N3O2.HI/c1-21-19(23(2)13-14-7-4-5-8-16(14)24-3)22-17-15-9-12-25-18(15)20(17)10-6-11-20;/h4-5,7-8,15,17-18H,6,9-13H2,1-3H3,(H,21,22);1H. The Kier molecular flexibility index (Phi) is 6.01. The zero-order valence-electron chi connectivity index (χ0n) is 15.9. The Morgan fingerprint density at radius 1 is 1.38 bits per heavy atom. The van der Waals surface area contributed by atoms with Gasteiger partial charge in [0, 0.05) is 50.2 Å². The van der Waals surface area contributed by atoms with Crippen LogP contribution in [0.2, 0.25) is 0 Å². The Morgan fingerprint density at radius 3 is 2.81 bits per heavy atom. The number of guanidine groups is 1. The minimum atomic E-state index is 0. The monoisotopic (exact) mass is 471 g/mol. The van der Waals surface area contributed by atoms with Crippen molar-refractivity contribution in [1.82, 2.24) is 10.2 Å². The van der Waals surface area contributed by atoms with E-state index in [2.05, 4.69) is 34.4 Å². The number of rotatable bonds is 4. The fraction of sp³-hybridized carbons (Fsp3) is 0.650. The molecule has 26 heavy (non-hydrogen) atoms. The third kappa shape index (κ3) is 3.09. The number of hydrogen-bond donors (Lipinski definition) is 1. The van der Waals surface area contributed by atoms with Gasteiger partial charge in [-0.2, -0.15) is 0 Å². The average Bonchev–Trinajstić information content (AvgIpc) is 2.99. The van der Waals surface area contributed by atoms with Gasteiger partial charge in [-0.15, -0.1) is 24.0 Å². The summed E-state index contributed by atoms with van der Waals surface area (Å²) in [6.45, 7) is 1.69. The molecule has 4 rings (SSSR count). The van der Waals surface area contributed by atoms with Crippen LogP contribution in [0.3, 0.4) is 0 Å². The van der Waals surface area contributed by atoms with Crippen LogP contribution in [0.15, 0.2) is 29.3 Å². The molecule has 3 atom stereocenters. The molecule has 1 saturated heterocycles. The van der Waals surface area contributed by atoms with Gasteiger partial charge in [-0.25, -0.2) is 0 Å². The van der Waals surface area contributed by atoms with Crippen LogP contribution in [0.4, 0.5) is 0 Å². The molecule has 5 nitrogen and oxygen atoms in total. The van der Waals surface area contributed by atoms with Gasteiger partial charge < -0.3 is 19.7 Å². The summed E-state index contributed by atoms with van der Waals surface area (Å²) in [6, 6.07) is 8.68. The Hall–Kier alpha value is -1.02. The number of methoxy groups -OCH3 is 1. The molecule has 3 fully saturated rings. The van der Waals surface area contributed by atoms with Crippen molar-refractivity contribution >= 4 is 29.9 Å².